The van der Waals surface area contributed by atoms with Crippen LogP contribution in [0.1, 0.15) is 23.2 Å². The minimum atomic E-state index is -1.05. The SMILES string of the molecule is NC(=O)c1ccc(NC2(C(=O)O)CCOCC2)c(Br)c1. The summed E-state index contributed by atoms with van der Waals surface area (Å²) in [4.78, 5) is 22.7. The van der Waals surface area contributed by atoms with Gasteiger partial charge in [0, 0.05) is 41.8 Å². The second kappa shape index (κ2) is 5.80. The van der Waals surface area contributed by atoms with Crippen LogP contribution in [0.15, 0.2) is 22.7 Å². The number of hydrogen-bond acceptors (Lipinski definition) is 4. The zero-order chi connectivity index (χ0) is 14.8. The number of amides is 1. The summed E-state index contributed by atoms with van der Waals surface area (Å²) >= 11 is 3.32. The molecule has 6 nitrogen and oxygen atoms in total. The minimum Gasteiger partial charge on any atom is -0.480 e. The Morgan fingerprint density at radius 3 is 2.50 bits per heavy atom. The first-order valence-electron chi connectivity index (χ1n) is 6.13. The highest BCUT2D eigenvalue weighted by atomic mass is 79.9. The Morgan fingerprint density at radius 1 is 1.35 bits per heavy atom. The van der Waals surface area contributed by atoms with Crippen LogP contribution in [-0.2, 0) is 9.53 Å². The summed E-state index contributed by atoms with van der Waals surface area (Å²) in [5.74, 6) is -1.44. The first-order chi connectivity index (χ1) is 9.44. The van der Waals surface area contributed by atoms with E-state index in [-0.39, 0.29) is 0 Å². The van der Waals surface area contributed by atoms with Gasteiger partial charge in [0.1, 0.15) is 5.54 Å². The van der Waals surface area contributed by atoms with Gasteiger partial charge in [-0.05, 0) is 34.1 Å². The Labute approximate surface area is 124 Å². The molecule has 0 aromatic heterocycles. The molecule has 0 radical (unpaired) electrons. The number of carbonyl (C=O) groups excluding carboxylic acids is 1. The number of carboxylic acid groups (broad SMARTS) is 1. The second-order valence-electron chi connectivity index (χ2n) is 4.68. The van der Waals surface area contributed by atoms with Gasteiger partial charge in [0.15, 0.2) is 0 Å². The Balaban J connectivity index is 2.27. The molecule has 2 rings (SSSR count). The average Bonchev–Trinajstić information content (AvgIpc) is 2.41. The topological polar surface area (TPSA) is 102 Å². The van der Waals surface area contributed by atoms with E-state index in [1.165, 1.54) is 0 Å². The maximum absolute atomic E-state index is 11.6. The lowest BCUT2D eigenvalue weighted by molar-refractivity contribution is -0.145. The lowest BCUT2D eigenvalue weighted by atomic mass is 9.89. The van der Waals surface area contributed by atoms with Crippen LogP contribution in [0.5, 0.6) is 0 Å². The van der Waals surface area contributed by atoms with Gasteiger partial charge in [-0.3, -0.25) is 4.79 Å². The number of primary amides is 1. The van der Waals surface area contributed by atoms with Crippen LogP contribution < -0.4 is 11.1 Å². The molecule has 1 saturated heterocycles. The number of anilines is 1. The number of nitrogens with two attached hydrogens (primary N) is 1. The van der Waals surface area contributed by atoms with E-state index in [1.807, 2.05) is 0 Å². The van der Waals surface area contributed by atoms with E-state index in [2.05, 4.69) is 21.2 Å². The molecule has 1 fully saturated rings. The van der Waals surface area contributed by atoms with Crippen molar-refractivity contribution in [2.75, 3.05) is 18.5 Å². The number of hydrogen-bond donors (Lipinski definition) is 3. The molecule has 1 aromatic rings. The molecular weight excluding hydrogens is 328 g/mol. The van der Waals surface area contributed by atoms with Gasteiger partial charge in [-0.2, -0.15) is 0 Å². The van der Waals surface area contributed by atoms with Crippen molar-refractivity contribution in [3.8, 4) is 0 Å². The van der Waals surface area contributed by atoms with Crippen LogP contribution in [0.3, 0.4) is 0 Å². The number of carboxylic acids is 1. The quantitative estimate of drug-likeness (QED) is 0.771. The van der Waals surface area contributed by atoms with E-state index in [0.717, 1.165) is 0 Å². The third-order valence-corrected chi connectivity index (χ3v) is 4.04. The fourth-order valence-corrected chi connectivity index (χ4v) is 2.62. The van der Waals surface area contributed by atoms with Gasteiger partial charge >= 0.3 is 5.97 Å². The van der Waals surface area contributed by atoms with Crippen LogP contribution in [0.2, 0.25) is 0 Å². The van der Waals surface area contributed by atoms with Crippen molar-refractivity contribution in [2.45, 2.75) is 18.4 Å². The molecule has 0 unspecified atom stereocenters. The van der Waals surface area contributed by atoms with Gasteiger partial charge < -0.3 is 20.9 Å². The molecule has 108 valence electrons. The molecule has 4 N–H and O–H groups in total. The summed E-state index contributed by atoms with van der Waals surface area (Å²) in [5.41, 5.74) is 5.12. The smallest absolute Gasteiger partial charge is 0.329 e. The van der Waals surface area contributed by atoms with E-state index >= 15 is 0 Å². The van der Waals surface area contributed by atoms with Gasteiger partial charge in [-0.1, -0.05) is 0 Å². The zero-order valence-corrected chi connectivity index (χ0v) is 12.3. The Morgan fingerprint density at radius 2 is 2.00 bits per heavy atom. The standard InChI is InChI=1S/C13H15BrN2O4/c14-9-7-8(11(15)17)1-2-10(9)16-13(12(18)19)3-5-20-6-4-13/h1-2,7,16H,3-6H2,(H2,15,17)(H,18,19). The van der Waals surface area contributed by atoms with Crippen LogP contribution >= 0.6 is 15.9 Å². The van der Waals surface area contributed by atoms with E-state index in [0.29, 0.717) is 41.8 Å². The first kappa shape index (κ1) is 14.8. The van der Waals surface area contributed by atoms with Crippen molar-refractivity contribution in [3.63, 3.8) is 0 Å². The highest BCUT2D eigenvalue weighted by molar-refractivity contribution is 9.10. The number of rotatable bonds is 4. The molecule has 1 aromatic carbocycles. The first-order valence-corrected chi connectivity index (χ1v) is 6.93. The third kappa shape index (κ3) is 2.94. The van der Waals surface area contributed by atoms with Crippen molar-refractivity contribution in [1.29, 1.82) is 0 Å². The van der Waals surface area contributed by atoms with Crippen LogP contribution in [0.4, 0.5) is 5.69 Å². The van der Waals surface area contributed by atoms with E-state index in [4.69, 9.17) is 10.5 Å². The molecular formula is C13H15BrN2O4. The molecule has 1 aliphatic heterocycles. The summed E-state index contributed by atoms with van der Waals surface area (Å²) in [7, 11) is 0. The van der Waals surface area contributed by atoms with E-state index in [9.17, 15) is 14.7 Å². The van der Waals surface area contributed by atoms with Crippen LogP contribution in [0, 0.1) is 0 Å². The highest BCUT2D eigenvalue weighted by Crippen LogP contribution is 2.31. The molecule has 1 heterocycles. The van der Waals surface area contributed by atoms with E-state index < -0.39 is 17.4 Å². The van der Waals surface area contributed by atoms with E-state index in [1.54, 1.807) is 18.2 Å². The van der Waals surface area contributed by atoms with Gasteiger partial charge in [0.2, 0.25) is 5.91 Å². The maximum Gasteiger partial charge on any atom is 0.329 e. The second-order valence-corrected chi connectivity index (χ2v) is 5.54. The van der Waals surface area contributed by atoms with Gasteiger partial charge in [-0.15, -0.1) is 0 Å². The number of halogens is 1. The Kier molecular flexibility index (Phi) is 4.29. The van der Waals surface area contributed by atoms with Crippen molar-refractivity contribution in [3.05, 3.63) is 28.2 Å². The average molecular weight is 343 g/mol. The number of carbonyl (C=O) groups is 2. The summed E-state index contributed by atoms with van der Waals surface area (Å²) in [6.45, 7) is 0.798. The predicted octanol–water partition coefficient (Wildman–Crippen LogP) is 1.59. The van der Waals surface area contributed by atoms with Gasteiger partial charge in [0.05, 0.1) is 0 Å². The lowest BCUT2D eigenvalue weighted by Gasteiger charge is -2.35. The van der Waals surface area contributed by atoms with Crippen molar-refractivity contribution in [2.24, 2.45) is 5.73 Å². The lowest BCUT2D eigenvalue weighted by Crippen LogP contribution is -2.50. The molecule has 0 spiro atoms. The number of ether oxygens (including phenoxy) is 1. The monoisotopic (exact) mass is 342 g/mol. The molecule has 0 atom stereocenters. The molecule has 0 aliphatic carbocycles. The molecule has 0 saturated carbocycles. The van der Waals surface area contributed by atoms with Crippen molar-refractivity contribution >= 4 is 33.5 Å². The van der Waals surface area contributed by atoms with Gasteiger partial charge in [0.25, 0.3) is 0 Å². The van der Waals surface area contributed by atoms with Gasteiger partial charge in [-0.25, -0.2) is 4.79 Å². The molecule has 7 heteroatoms. The molecule has 20 heavy (non-hydrogen) atoms. The van der Waals surface area contributed by atoms with Crippen molar-refractivity contribution < 1.29 is 19.4 Å². The summed E-state index contributed by atoms with van der Waals surface area (Å²) in [6, 6.07) is 4.77. The highest BCUT2D eigenvalue weighted by Gasteiger charge is 2.40. The Hall–Kier alpha value is -1.60. The third-order valence-electron chi connectivity index (χ3n) is 3.38. The normalized spacial score (nSPS) is 17.4. The molecule has 1 aliphatic rings. The summed E-state index contributed by atoms with van der Waals surface area (Å²) in [5, 5.41) is 12.5. The molecule has 1 amide bonds. The number of nitrogens with one attached hydrogen (secondary N) is 1. The number of benzene rings is 1. The zero-order valence-electron chi connectivity index (χ0n) is 10.7. The summed E-state index contributed by atoms with van der Waals surface area (Å²) in [6.07, 6.45) is 0.763. The van der Waals surface area contributed by atoms with Crippen LogP contribution in [0.25, 0.3) is 0 Å². The maximum atomic E-state index is 11.6. The predicted molar refractivity (Wildman–Crippen MR) is 76.7 cm³/mol. The fourth-order valence-electron chi connectivity index (χ4n) is 2.14. The fraction of sp³-hybridized carbons (Fsp3) is 0.385. The summed E-state index contributed by atoms with van der Waals surface area (Å²) < 4.78 is 5.82. The number of aliphatic carboxylic acids is 1. The Bertz CT molecular complexity index is 541. The molecule has 0 bridgehead atoms. The van der Waals surface area contributed by atoms with Crippen molar-refractivity contribution in [1.82, 2.24) is 0 Å². The largest absolute Gasteiger partial charge is 0.480 e. The minimum absolute atomic E-state index is 0.360. The van der Waals surface area contributed by atoms with Crippen LogP contribution in [-0.4, -0.2) is 35.7 Å².